The topological polar surface area (TPSA) is 149 Å². The fourth-order valence-electron chi connectivity index (χ4n) is 1.68. The maximum Gasteiger partial charge on any atom is 0.278 e. The van der Waals surface area contributed by atoms with Gasteiger partial charge in [0.15, 0.2) is 0 Å². The fraction of sp³-hybridized carbons (Fsp3) is 0. The van der Waals surface area contributed by atoms with Crippen molar-refractivity contribution < 1.29 is 24.9 Å². The number of aromatic carboxylic acids is 1. The molecule has 0 unspecified atom stereocenters. The van der Waals surface area contributed by atoms with Crippen LogP contribution < -0.4 is 10.2 Å². The first-order valence-electron chi connectivity index (χ1n) is 6.09. The number of nitrogens with zero attached hydrogens (tertiary/aromatic N) is 2. The van der Waals surface area contributed by atoms with Crippen molar-refractivity contribution in [3.63, 3.8) is 0 Å². The summed E-state index contributed by atoms with van der Waals surface area (Å²) in [6.45, 7) is 0. The van der Waals surface area contributed by atoms with E-state index in [1.807, 2.05) is 0 Å². The molecule has 0 aromatic heterocycles. The molecule has 0 fully saturated rings. The molecular formula is C13H6N2O7S2-2. The minimum Gasteiger partial charge on any atom is -0.868 e. The highest BCUT2D eigenvalue weighted by Gasteiger charge is 2.15. The SMILES string of the molecule is O=C([O-])c1cc(SSc2ccc([N+](=O)[O-])c([O-])c2)ccc1[N+](=O)[O-]. The van der Waals surface area contributed by atoms with Gasteiger partial charge in [-0.1, -0.05) is 21.6 Å². The fourth-order valence-corrected chi connectivity index (χ4v) is 3.64. The molecule has 24 heavy (non-hydrogen) atoms. The van der Waals surface area contributed by atoms with E-state index in [0.717, 1.165) is 45.9 Å². The maximum atomic E-state index is 11.5. The van der Waals surface area contributed by atoms with Crippen LogP contribution in [-0.2, 0) is 0 Å². The Morgan fingerprint density at radius 3 is 1.83 bits per heavy atom. The minimum atomic E-state index is -1.67. The van der Waals surface area contributed by atoms with Crippen LogP contribution in [0.25, 0.3) is 0 Å². The van der Waals surface area contributed by atoms with Crippen LogP contribution >= 0.6 is 21.6 Å². The Labute approximate surface area is 142 Å². The van der Waals surface area contributed by atoms with Gasteiger partial charge in [0.05, 0.1) is 21.4 Å². The Morgan fingerprint density at radius 1 is 0.875 bits per heavy atom. The quantitative estimate of drug-likeness (QED) is 0.423. The summed E-state index contributed by atoms with van der Waals surface area (Å²) < 4.78 is 0. The Kier molecular flexibility index (Phi) is 5.26. The lowest BCUT2D eigenvalue weighted by Gasteiger charge is -2.09. The zero-order valence-electron chi connectivity index (χ0n) is 11.5. The second kappa shape index (κ2) is 7.19. The van der Waals surface area contributed by atoms with E-state index in [0.29, 0.717) is 9.79 Å². The second-order valence-electron chi connectivity index (χ2n) is 4.28. The summed E-state index contributed by atoms with van der Waals surface area (Å²) in [5.74, 6) is -2.42. The van der Waals surface area contributed by atoms with Crippen molar-refractivity contribution in [2.24, 2.45) is 0 Å². The van der Waals surface area contributed by atoms with Crippen LogP contribution in [0.15, 0.2) is 46.2 Å². The van der Waals surface area contributed by atoms with Gasteiger partial charge in [0, 0.05) is 21.9 Å². The number of hydrogen-bond acceptors (Lipinski definition) is 9. The molecule has 0 N–H and O–H groups in total. The molecule has 0 amide bonds. The van der Waals surface area contributed by atoms with E-state index in [1.54, 1.807) is 0 Å². The highest BCUT2D eigenvalue weighted by molar-refractivity contribution is 8.76. The Balaban J connectivity index is 2.19. The monoisotopic (exact) mass is 366 g/mol. The van der Waals surface area contributed by atoms with E-state index in [-0.39, 0.29) is 0 Å². The normalized spacial score (nSPS) is 10.3. The van der Waals surface area contributed by atoms with Crippen LogP contribution in [-0.4, -0.2) is 15.8 Å². The highest BCUT2D eigenvalue weighted by atomic mass is 33.1. The van der Waals surface area contributed by atoms with Gasteiger partial charge in [-0.15, -0.1) is 0 Å². The molecule has 0 saturated carbocycles. The summed E-state index contributed by atoms with van der Waals surface area (Å²) in [5.41, 5.74) is -1.68. The first kappa shape index (κ1) is 17.6. The van der Waals surface area contributed by atoms with Crippen molar-refractivity contribution >= 4 is 38.9 Å². The average Bonchev–Trinajstić information content (AvgIpc) is 2.52. The first-order chi connectivity index (χ1) is 11.3. The van der Waals surface area contributed by atoms with Gasteiger partial charge in [-0.05, 0) is 30.0 Å². The number of nitro benzene ring substituents is 2. The summed E-state index contributed by atoms with van der Waals surface area (Å²) in [7, 11) is 2.10. The van der Waals surface area contributed by atoms with E-state index in [2.05, 4.69) is 0 Å². The van der Waals surface area contributed by atoms with Crippen LogP contribution in [0.5, 0.6) is 5.75 Å². The first-order valence-corrected chi connectivity index (χ1v) is 8.24. The number of carboxylic acids is 1. The Hall–Kier alpha value is -2.79. The predicted molar refractivity (Wildman–Crippen MR) is 81.7 cm³/mol. The van der Waals surface area contributed by atoms with Crippen LogP contribution in [0.3, 0.4) is 0 Å². The lowest BCUT2D eigenvalue weighted by molar-refractivity contribution is -0.398. The summed E-state index contributed by atoms with van der Waals surface area (Å²) in [5, 5.41) is 43.8. The van der Waals surface area contributed by atoms with Gasteiger partial charge >= 0.3 is 0 Å². The zero-order valence-corrected chi connectivity index (χ0v) is 13.2. The van der Waals surface area contributed by atoms with Crippen LogP contribution in [0, 0.1) is 20.2 Å². The van der Waals surface area contributed by atoms with E-state index >= 15 is 0 Å². The number of nitro groups is 2. The second-order valence-corrected chi connectivity index (χ2v) is 6.55. The van der Waals surface area contributed by atoms with Gasteiger partial charge in [0.1, 0.15) is 0 Å². The Morgan fingerprint density at radius 2 is 1.38 bits per heavy atom. The molecule has 0 aliphatic rings. The van der Waals surface area contributed by atoms with Crippen molar-refractivity contribution in [3.05, 3.63) is 62.2 Å². The molecule has 0 radical (unpaired) electrons. The van der Waals surface area contributed by atoms with Crippen molar-refractivity contribution in [1.82, 2.24) is 0 Å². The van der Waals surface area contributed by atoms with E-state index in [4.69, 9.17) is 0 Å². The van der Waals surface area contributed by atoms with Gasteiger partial charge in [-0.2, -0.15) is 0 Å². The molecular weight excluding hydrogens is 360 g/mol. The Bertz CT molecular complexity index is 841. The third kappa shape index (κ3) is 3.94. The van der Waals surface area contributed by atoms with Crippen molar-refractivity contribution in [2.75, 3.05) is 0 Å². The number of carbonyl (C=O) groups is 1. The maximum absolute atomic E-state index is 11.5. The number of rotatable bonds is 6. The molecule has 2 aromatic rings. The molecule has 124 valence electrons. The third-order valence-electron chi connectivity index (χ3n) is 2.75. The van der Waals surface area contributed by atoms with Crippen molar-refractivity contribution in [2.45, 2.75) is 9.79 Å². The average molecular weight is 366 g/mol. The molecule has 0 spiro atoms. The van der Waals surface area contributed by atoms with Crippen LogP contribution in [0.4, 0.5) is 11.4 Å². The van der Waals surface area contributed by atoms with Gasteiger partial charge in [-0.25, -0.2) is 0 Å². The molecule has 9 nitrogen and oxygen atoms in total. The number of hydrogen-bond donors (Lipinski definition) is 0. The molecule has 0 aliphatic heterocycles. The summed E-state index contributed by atoms with van der Waals surface area (Å²) in [6.07, 6.45) is 0. The van der Waals surface area contributed by atoms with Crippen LogP contribution in [0.2, 0.25) is 0 Å². The van der Waals surface area contributed by atoms with E-state index in [9.17, 15) is 35.2 Å². The van der Waals surface area contributed by atoms with Crippen molar-refractivity contribution in [1.29, 1.82) is 0 Å². The molecule has 0 atom stereocenters. The van der Waals surface area contributed by atoms with Gasteiger partial charge < -0.3 is 15.0 Å². The van der Waals surface area contributed by atoms with Gasteiger partial charge in [-0.3, -0.25) is 20.2 Å². The number of carboxylic acid groups (broad SMARTS) is 1. The van der Waals surface area contributed by atoms with E-state index in [1.165, 1.54) is 12.1 Å². The molecule has 0 heterocycles. The number of benzene rings is 2. The van der Waals surface area contributed by atoms with Gasteiger partial charge in [0.25, 0.3) is 11.4 Å². The summed E-state index contributed by atoms with van der Waals surface area (Å²) in [6, 6.07) is 7.03. The highest BCUT2D eigenvalue weighted by Crippen LogP contribution is 2.40. The van der Waals surface area contributed by atoms with Gasteiger partial charge in [0.2, 0.25) is 0 Å². The summed E-state index contributed by atoms with van der Waals surface area (Å²) >= 11 is 0. The summed E-state index contributed by atoms with van der Waals surface area (Å²) in [4.78, 5) is 31.5. The molecule has 2 rings (SSSR count). The third-order valence-corrected chi connectivity index (χ3v) is 5.13. The lowest BCUT2D eigenvalue weighted by Crippen LogP contribution is -2.23. The molecule has 11 heteroatoms. The molecule has 0 saturated heterocycles. The van der Waals surface area contributed by atoms with Crippen LogP contribution in [0.1, 0.15) is 10.4 Å². The van der Waals surface area contributed by atoms with E-state index < -0.39 is 38.5 Å². The standard InChI is InChI=1S/C13H8N2O7S2/c16-12-6-8(2-4-11(12)15(21)22)24-23-7-1-3-10(14(19)20)9(5-7)13(17)18/h1-6,16H,(H,17,18)/p-2. The zero-order chi connectivity index (χ0) is 17.9. The molecule has 2 aromatic carbocycles. The molecule has 0 aliphatic carbocycles. The lowest BCUT2D eigenvalue weighted by atomic mass is 10.2. The number of carbonyl (C=O) groups excluding carboxylic acids is 1. The minimum absolute atomic E-state index is 0.385. The smallest absolute Gasteiger partial charge is 0.278 e. The van der Waals surface area contributed by atoms with Crippen molar-refractivity contribution in [3.8, 4) is 5.75 Å². The predicted octanol–water partition coefficient (Wildman–Crippen LogP) is 1.74. The largest absolute Gasteiger partial charge is 0.868 e. The molecule has 0 bridgehead atoms.